The molecule has 22 nitrogen and oxygen atoms in total. The molecule has 0 bridgehead atoms. The number of aliphatic carboxylic acids is 1. The Bertz CT molecular complexity index is 1500. The molecule has 2 aliphatic heterocycles. The highest BCUT2D eigenvalue weighted by molar-refractivity contribution is 5.98. The van der Waals surface area contributed by atoms with Crippen molar-refractivity contribution in [1.82, 2.24) is 36.4 Å². The van der Waals surface area contributed by atoms with Gasteiger partial charge >= 0.3 is 5.97 Å². The van der Waals surface area contributed by atoms with E-state index in [1.54, 1.807) is 13.8 Å². The molecule has 0 spiro atoms. The van der Waals surface area contributed by atoms with Crippen molar-refractivity contribution in [2.45, 2.75) is 140 Å². The van der Waals surface area contributed by atoms with Crippen LogP contribution in [-0.2, 0) is 43.2 Å². The van der Waals surface area contributed by atoms with Crippen LogP contribution in [0.1, 0.15) is 79.6 Å². The van der Waals surface area contributed by atoms with E-state index in [1.807, 2.05) is 0 Å². The predicted octanol–water partition coefficient (Wildman–Crippen LogP) is -5.11. The Morgan fingerprint density at radius 1 is 0.702 bits per heavy atom. The summed E-state index contributed by atoms with van der Waals surface area (Å²) in [6.45, 7) is 6.70. The van der Waals surface area contributed by atoms with Gasteiger partial charge in [0.05, 0.1) is 18.8 Å². The molecule has 322 valence electrons. The Morgan fingerprint density at radius 2 is 1.19 bits per heavy atom. The van der Waals surface area contributed by atoms with Gasteiger partial charge in [0.1, 0.15) is 48.3 Å². The van der Waals surface area contributed by atoms with Crippen molar-refractivity contribution in [2.24, 2.45) is 17.4 Å². The molecular formula is C35H59N9O13. The van der Waals surface area contributed by atoms with Crippen molar-refractivity contribution in [3.8, 4) is 0 Å². The zero-order chi connectivity index (χ0) is 43.3. The third-order valence-corrected chi connectivity index (χ3v) is 10.1. The Hall–Kier alpha value is -4.93. The summed E-state index contributed by atoms with van der Waals surface area (Å²) >= 11 is 0. The number of carbonyl (C=O) groups excluding carboxylic acids is 8. The Morgan fingerprint density at radius 3 is 1.65 bits per heavy atom. The SMILES string of the molecule is CC[C@H](C)[C@H](NC(=O)[C@H](C)NC(=O)[C@@H](NC(=O)[C@@H]1CCCN1C(=O)[C@@H](NC(=O)[C@@H](N)CO)[C@@H](C)O)[C@@H](C)O)C(=O)N1CCC[C@H]1C(=O)N[C@@H](CCC(N)=O)C(=O)O. The maximum atomic E-state index is 13.9. The van der Waals surface area contributed by atoms with E-state index in [0.29, 0.717) is 19.3 Å². The van der Waals surface area contributed by atoms with E-state index in [9.17, 15) is 63.6 Å². The number of nitrogens with one attached hydrogen (secondary N) is 5. The van der Waals surface area contributed by atoms with Gasteiger partial charge in [0, 0.05) is 19.5 Å². The first-order valence-electron chi connectivity index (χ1n) is 19.0. The van der Waals surface area contributed by atoms with E-state index >= 15 is 0 Å². The van der Waals surface area contributed by atoms with Crippen LogP contribution in [0.25, 0.3) is 0 Å². The number of nitrogens with two attached hydrogens (primary N) is 2. The quantitative estimate of drug-likeness (QED) is 0.0517. The molecule has 0 aliphatic carbocycles. The molecule has 2 heterocycles. The highest BCUT2D eigenvalue weighted by Gasteiger charge is 2.43. The number of primary amides is 1. The minimum atomic E-state index is -1.62. The lowest BCUT2D eigenvalue weighted by Crippen LogP contribution is -2.62. The Balaban J connectivity index is 2.15. The Labute approximate surface area is 330 Å². The van der Waals surface area contributed by atoms with Gasteiger partial charge in [-0.15, -0.1) is 0 Å². The number of likely N-dealkylation sites (tertiary alicyclic amines) is 2. The zero-order valence-corrected chi connectivity index (χ0v) is 32.9. The lowest BCUT2D eigenvalue weighted by molar-refractivity contribution is -0.145. The largest absolute Gasteiger partial charge is 0.480 e. The monoisotopic (exact) mass is 813 g/mol. The first-order chi connectivity index (χ1) is 26.7. The molecule has 2 saturated heterocycles. The summed E-state index contributed by atoms with van der Waals surface area (Å²) in [5.41, 5.74) is 10.6. The van der Waals surface area contributed by atoms with Gasteiger partial charge in [-0.1, -0.05) is 20.3 Å². The number of hydrogen-bond donors (Lipinski definition) is 11. The van der Waals surface area contributed by atoms with Crippen molar-refractivity contribution in [1.29, 1.82) is 0 Å². The van der Waals surface area contributed by atoms with Crippen molar-refractivity contribution < 1.29 is 63.6 Å². The molecule has 0 aromatic rings. The summed E-state index contributed by atoms with van der Waals surface area (Å²) in [6, 6.07) is -10.6. The summed E-state index contributed by atoms with van der Waals surface area (Å²) < 4.78 is 0. The third-order valence-electron chi connectivity index (χ3n) is 10.1. The minimum absolute atomic E-state index is 0.0591. The molecule has 57 heavy (non-hydrogen) atoms. The van der Waals surface area contributed by atoms with Gasteiger partial charge in [-0.05, 0) is 58.8 Å². The predicted molar refractivity (Wildman–Crippen MR) is 199 cm³/mol. The van der Waals surface area contributed by atoms with E-state index in [-0.39, 0.29) is 38.8 Å². The van der Waals surface area contributed by atoms with Crippen LogP contribution in [0.5, 0.6) is 0 Å². The van der Waals surface area contributed by atoms with Crippen LogP contribution in [0.15, 0.2) is 0 Å². The van der Waals surface area contributed by atoms with Crippen LogP contribution in [-0.4, -0.2) is 164 Å². The van der Waals surface area contributed by atoms with Crippen LogP contribution in [0.3, 0.4) is 0 Å². The second-order valence-corrected chi connectivity index (χ2v) is 14.6. The smallest absolute Gasteiger partial charge is 0.326 e. The van der Waals surface area contributed by atoms with Gasteiger partial charge in [-0.25, -0.2) is 4.79 Å². The van der Waals surface area contributed by atoms with Gasteiger partial charge in [0.2, 0.25) is 47.3 Å². The summed E-state index contributed by atoms with van der Waals surface area (Å²) in [4.78, 5) is 118. The van der Waals surface area contributed by atoms with Crippen LogP contribution >= 0.6 is 0 Å². The number of carboxylic acid groups (broad SMARTS) is 1. The fourth-order valence-electron chi connectivity index (χ4n) is 6.49. The molecule has 2 aliphatic rings. The number of rotatable bonds is 21. The maximum Gasteiger partial charge on any atom is 0.326 e. The van der Waals surface area contributed by atoms with Crippen molar-refractivity contribution in [2.75, 3.05) is 19.7 Å². The second kappa shape index (κ2) is 22.1. The van der Waals surface area contributed by atoms with Crippen molar-refractivity contribution >= 4 is 53.2 Å². The van der Waals surface area contributed by atoms with E-state index < -0.39 is 126 Å². The molecule has 0 aromatic carbocycles. The fraction of sp³-hybridized carbons (Fsp3) is 0.743. The fourth-order valence-corrected chi connectivity index (χ4v) is 6.49. The van der Waals surface area contributed by atoms with Crippen LogP contribution in [0.4, 0.5) is 0 Å². The van der Waals surface area contributed by atoms with Crippen molar-refractivity contribution in [3.05, 3.63) is 0 Å². The first-order valence-corrected chi connectivity index (χ1v) is 19.0. The third kappa shape index (κ3) is 13.3. The second-order valence-electron chi connectivity index (χ2n) is 14.6. The van der Waals surface area contributed by atoms with Crippen LogP contribution < -0.4 is 38.1 Å². The average molecular weight is 814 g/mol. The lowest BCUT2D eigenvalue weighted by Gasteiger charge is -2.33. The summed E-state index contributed by atoms with van der Waals surface area (Å²) in [7, 11) is 0. The highest BCUT2D eigenvalue weighted by Crippen LogP contribution is 2.23. The number of amides is 8. The molecule has 8 amide bonds. The van der Waals surface area contributed by atoms with E-state index in [2.05, 4.69) is 26.6 Å². The van der Waals surface area contributed by atoms with Gasteiger partial charge < -0.3 is 68.3 Å². The van der Waals surface area contributed by atoms with E-state index in [1.165, 1.54) is 25.7 Å². The molecule has 0 unspecified atom stereocenters. The summed E-state index contributed by atoms with van der Waals surface area (Å²) in [5.74, 6) is -8.32. The summed E-state index contributed by atoms with van der Waals surface area (Å²) in [5, 5.41) is 51.5. The molecule has 2 fully saturated rings. The number of carbonyl (C=O) groups is 9. The zero-order valence-electron chi connectivity index (χ0n) is 32.9. The van der Waals surface area contributed by atoms with E-state index in [4.69, 9.17) is 11.5 Å². The lowest BCUT2D eigenvalue weighted by atomic mass is 9.97. The number of aliphatic hydroxyl groups excluding tert-OH is 3. The molecule has 11 atom stereocenters. The van der Waals surface area contributed by atoms with Crippen molar-refractivity contribution in [3.63, 3.8) is 0 Å². The van der Waals surface area contributed by atoms with Gasteiger partial charge in [-0.2, -0.15) is 0 Å². The van der Waals surface area contributed by atoms with Gasteiger partial charge in [0.25, 0.3) is 0 Å². The number of nitrogens with zero attached hydrogens (tertiary/aromatic N) is 2. The highest BCUT2D eigenvalue weighted by atomic mass is 16.4. The molecule has 2 rings (SSSR count). The molecule has 0 aromatic heterocycles. The standard InChI is InChI=1S/C35H59N9O13/c1-6-16(2)25(33(54)43-13-7-9-22(43)30(51)39-21(35(56)57)11-12-24(37)48)40-28(49)17(3)38-32(53)26(18(4)46)41-31(52)23-10-8-14-44(23)34(55)27(19(5)47)42-29(50)20(36)15-45/h16-23,25-27,45-47H,6-15,36H2,1-5H3,(H2,37,48)(H,38,53)(H,39,51)(H,40,49)(H,41,52)(H,42,50)(H,56,57)/t16-,17-,18+,19+,20-,21-,22-,23-,25-,26-,27-/m0/s1. The van der Waals surface area contributed by atoms with Crippen LogP contribution in [0.2, 0.25) is 0 Å². The number of aliphatic hydroxyl groups is 3. The number of hydrogen-bond acceptors (Lipinski definition) is 13. The van der Waals surface area contributed by atoms with Gasteiger partial charge in [-0.3, -0.25) is 38.4 Å². The normalized spacial score (nSPS) is 21.4. The summed E-state index contributed by atoms with van der Waals surface area (Å²) in [6.07, 6.45) is -1.93. The topological polar surface area (TPSA) is 353 Å². The average Bonchev–Trinajstić information content (AvgIpc) is 3.85. The minimum Gasteiger partial charge on any atom is -0.480 e. The first kappa shape index (κ1) is 48.2. The van der Waals surface area contributed by atoms with Gasteiger partial charge in [0.15, 0.2) is 0 Å². The molecular weight excluding hydrogens is 754 g/mol. The Kier molecular flexibility index (Phi) is 18.7. The molecule has 13 N–H and O–H groups in total. The molecule has 0 saturated carbocycles. The maximum absolute atomic E-state index is 13.9. The molecule has 22 heteroatoms. The number of carboxylic acids is 1. The van der Waals surface area contributed by atoms with Crippen LogP contribution in [0, 0.1) is 5.92 Å². The molecule has 0 radical (unpaired) electrons. The van der Waals surface area contributed by atoms with E-state index in [0.717, 1.165) is 4.90 Å².